The second-order valence-electron chi connectivity index (χ2n) is 7.81. The number of nitrogens with zero attached hydrogens (tertiary/aromatic N) is 2. The van der Waals surface area contributed by atoms with Crippen LogP contribution in [0.25, 0.3) is 0 Å². The van der Waals surface area contributed by atoms with Crippen molar-refractivity contribution in [2.24, 2.45) is 0 Å². The van der Waals surface area contributed by atoms with Gasteiger partial charge in [-0.25, -0.2) is 13.2 Å². The van der Waals surface area contributed by atoms with Crippen molar-refractivity contribution in [3.63, 3.8) is 0 Å². The van der Waals surface area contributed by atoms with Gasteiger partial charge in [0.1, 0.15) is 5.54 Å². The number of aryl methyl sites for hydroxylation is 1. The first-order valence-electron chi connectivity index (χ1n) is 9.49. The minimum atomic E-state index is -3.98. The molecule has 1 atom stereocenters. The number of amides is 3. The van der Waals surface area contributed by atoms with Crippen molar-refractivity contribution in [3.05, 3.63) is 60.2 Å². The monoisotopic (exact) mass is 431 g/mol. The molecule has 2 N–H and O–H groups in total. The van der Waals surface area contributed by atoms with Crippen molar-refractivity contribution in [1.29, 1.82) is 0 Å². The maximum Gasteiger partial charge on any atom is 0.325 e. The molecule has 1 unspecified atom stereocenters. The van der Waals surface area contributed by atoms with Crippen molar-refractivity contribution < 1.29 is 23.1 Å². The van der Waals surface area contributed by atoms with E-state index in [0.29, 0.717) is 5.69 Å². The molecule has 1 fully saturated rings. The predicted octanol–water partition coefficient (Wildman–Crippen LogP) is 1.88. The number of rotatable bonds is 7. The molecule has 0 aliphatic carbocycles. The van der Waals surface area contributed by atoms with Gasteiger partial charge >= 0.3 is 6.03 Å². The number of hydrogen-bond donors (Lipinski definition) is 2. The van der Waals surface area contributed by atoms with Gasteiger partial charge in [-0.05, 0) is 45.0 Å². The van der Waals surface area contributed by atoms with Gasteiger partial charge in [0, 0.05) is 0 Å². The largest absolute Gasteiger partial charge is 0.389 e. The molecule has 1 saturated heterocycles. The molecule has 0 radical (unpaired) electrons. The number of carbonyl (C=O) groups is 2. The van der Waals surface area contributed by atoms with Crippen LogP contribution in [0.1, 0.15) is 19.4 Å². The van der Waals surface area contributed by atoms with Crippen LogP contribution in [0.3, 0.4) is 0 Å². The van der Waals surface area contributed by atoms with Gasteiger partial charge in [0.2, 0.25) is 0 Å². The standard InChI is InChI=1S/C21H25N3O5S/c1-15-9-11-16(12-10-15)24(30(28,29)18-7-5-4-6-8-18)14-17(25)13-23-19(26)21(2,3)22-20(23)27/h4-12,17,25H,13-14H2,1-3H3,(H,22,27). The van der Waals surface area contributed by atoms with E-state index in [-0.39, 0.29) is 18.0 Å². The van der Waals surface area contributed by atoms with E-state index < -0.39 is 33.6 Å². The first-order valence-corrected chi connectivity index (χ1v) is 10.9. The molecule has 1 aliphatic heterocycles. The van der Waals surface area contributed by atoms with E-state index in [1.54, 1.807) is 56.3 Å². The molecule has 3 rings (SSSR count). The van der Waals surface area contributed by atoms with Crippen LogP contribution in [0.4, 0.5) is 10.5 Å². The third-order valence-electron chi connectivity index (χ3n) is 4.87. The first-order chi connectivity index (χ1) is 14.0. The fraction of sp³-hybridized carbons (Fsp3) is 0.333. The average molecular weight is 432 g/mol. The summed E-state index contributed by atoms with van der Waals surface area (Å²) in [7, 11) is -3.98. The Balaban J connectivity index is 1.89. The minimum Gasteiger partial charge on any atom is -0.389 e. The lowest BCUT2D eigenvalue weighted by molar-refractivity contribution is -0.131. The molecule has 0 aromatic heterocycles. The fourth-order valence-electron chi connectivity index (χ4n) is 3.22. The molecule has 30 heavy (non-hydrogen) atoms. The van der Waals surface area contributed by atoms with Gasteiger partial charge in [-0.3, -0.25) is 14.0 Å². The number of aliphatic hydroxyl groups excluding tert-OH is 1. The van der Waals surface area contributed by atoms with Gasteiger partial charge in [0.05, 0.1) is 29.8 Å². The van der Waals surface area contributed by atoms with Crippen LogP contribution in [-0.2, 0) is 14.8 Å². The summed E-state index contributed by atoms with van der Waals surface area (Å²) in [6.07, 6.45) is -1.28. The van der Waals surface area contributed by atoms with E-state index in [0.717, 1.165) is 14.8 Å². The molecule has 1 heterocycles. The van der Waals surface area contributed by atoms with Crippen LogP contribution in [0.2, 0.25) is 0 Å². The molecule has 8 nitrogen and oxygen atoms in total. The summed E-state index contributed by atoms with van der Waals surface area (Å²) in [6.45, 7) is 4.38. The molecule has 3 amide bonds. The number of aliphatic hydroxyl groups is 1. The normalized spacial score (nSPS) is 17.0. The Morgan fingerprint density at radius 3 is 2.20 bits per heavy atom. The SMILES string of the molecule is Cc1ccc(N(CC(O)CN2C(=O)NC(C)(C)C2=O)S(=O)(=O)c2ccccc2)cc1. The zero-order valence-corrected chi connectivity index (χ0v) is 17.9. The highest BCUT2D eigenvalue weighted by molar-refractivity contribution is 7.92. The highest BCUT2D eigenvalue weighted by Gasteiger charge is 2.45. The zero-order chi connectivity index (χ0) is 22.1. The first kappa shape index (κ1) is 21.8. The number of benzene rings is 2. The summed E-state index contributed by atoms with van der Waals surface area (Å²) in [5.41, 5.74) is 0.266. The number of nitrogens with one attached hydrogen (secondary N) is 1. The van der Waals surface area contributed by atoms with E-state index in [4.69, 9.17) is 0 Å². The predicted molar refractivity (Wildman–Crippen MR) is 112 cm³/mol. The Hall–Kier alpha value is -2.91. The summed E-state index contributed by atoms with van der Waals surface area (Å²) < 4.78 is 27.6. The zero-order valence-electron chi connectivity index (χ0n) is 17.1. The Morgan fingerprint density at radius 1 is 1.07 bits per heavy atom. The van der Waals surface area contributed by atoms with Gasteiger partial charge in [-0.2, -0.15) is 0 Å². The van der Waals surface area contributed by atoms with Crippen molar-refractivity contribution in [1.82, 2.24) is 10.2 Å². The van der Waals surface area contributed by atoms with Crippen LogP contribution in [0.5, 0.6) is 0 Å². The van der Waals surface area contributed by atoms with Gasteiger partial charge in [0.25, 0.3) is 15.9 Å². The molecule has 2 aromatic carbocycles. The Labute approximate surface area is 176 Å². The van der Waals surface area contributed by atoms with E-state index in [1.165, 1.54) is 12.1 Å². The third-order valence-corrected chi connectivity index (χ3v) is 6.68. The lowest BCUT2D eigenvalue weighted by Gasteiger charge is -2.28. The maximum atomic E-state index is 13.3. The Kier molecular flexibility index (Phi) is 5.87. The quantitative estimate of drug-likeness (QED) is 0.651. The minimum absolute atomic E-state index is 0.0777. The number of β-amino-alcohol motifs (C(OH)–C–C–N with tert-alkyl or cyclic N) is 1. The smallest absolute Gasteiger partial charge is 0.325 e. The Bertz CT molecular complexity index is 1040. The van der Waals surface area contributed by atoms with E-state index in [1.807, 2.05) is 6.92 Å². The van der Waals surface area contributed by atoms with Crippen molar-refractivity contribution >= 4 is 27.6 Å². The molecule has 9 heteroatoms. The number of imide groups is 1. The lowest BCUT2D eigenvalue weighted by atomic mass is 10.1. The van der Waals surface area contributed by atoms with Crippen molar-refractivity contribution in [2.45, 2.75) is 37.3 Å². The van der Waals surface area contributed by atoms with E-state index in [9.17, 15) is 23.1 Å². The molecule has 160 valence electrons. The highest BCUT2D eigenvalue weighted by atomic mass is 32.2. The summed E-state index contributed by atoms with van der Waals surface area (Å²) in [5, 5.41) is 13.2. The average Bonchev–Trinajstić information content (AvgIpc) is 2.89. The van der Waals surface area contributed by atoms with Crippen molar-refractivity contribution in [2.75, 3.05) is 17.4 Å². The van der Waals surface area contributed by atoms with Gasteiger partial charge in [-0.1, -0.05) is 35.9 Å². The van der Waals surface area contributed by atoms with Crippen LogP contribution in [0.15, 0.2) is 59.5 Å². The second kappa shape index (κ2) is 8.08. The van der Waals surface area contributed by atoms with Gasteiger partial charge in [0.15, 0.2) is 0 Å². The molecule has 1 aliphatic rings. The van der Waals surface area contributed by atoms with Crippen LogP contribution < -0.4 is 9.62 Å². The van der Waals surface area contributed by atoms with E-state index in [2.05, 4.69) is 5.32 Å². The van der Waals surface area contributed by atoms with Gasteiger partial charge < -0.3 is 10.4 Å². The van der Waals surface area contributed by atoms with Crippen LogP contribution >= 0.6 is 0 Å². The summed E-state index contributed by atoms with van der Waals surface area (Å²) >= 11 is 0. The highest BCUT2D eigenvalue weighted by Crippen LogP contribution is 2.25. The van der Waals surface area contributed by atoms with E-state index >= 15 is 0 Å². The molecule has 2 aromatic rings. The van der Waals surface area contributed by atoms with Gasteiger partial charge in [-0.15, -0.1) is 0 Å². The molecule has 0 bridgehead atoms. The summed E-state index contributed by atoms with van der Waals surface area (Å²) in [4.78, 5) is 25.5. The molecular formula is C21H25N3O5S. The molecule has 0 saturated carbocycles. The van der Waals surface area contributed by atoms with Crippen molar-refractivity contribution in [3.8, 4) is 0 Å². The summed E-state index contributed by atoms with van der Waals surface area (Å²) in [5.74, 6) is -0.473. The maximum absolute atomic E-state index is 13.3. The molecule has 0 spiro atoms. The van der Waals surface area contributed by atoms with Crippen LogP contribution in [0, 0.1) is 6.92 Å². The second-order valence-corrected chi connectivity index (χ2v) is 9.67. The third kappa shape index (κ3) is 4.31. The number of hydrogen-bond acceptors (Lipinski definition) is 5. The van der Waals surface area contributed by atoms with Crippen LogP contribution in [-0.4, -0.2) is 55.1 Å². The fourth-order valence-corrected chi connectivity index (χ4v) is 4.74. The summed E-state index contributed by atoms with van der Waals surface area (Å²) in [6, 6.07) is 14.1. The number of sulfonamides is 1. The lowest BCUT2D eigenvalue weighted by Crippen LogP contribution is -2.45. The number of anilines is 1. The number of urea groups is 1. The molecular weight excluding hydrogens is 406 g/mol. The Morgan fingerprint density at radius 2 is 1.67 bits per heavy atom. The number of carbonyl (C=O) groups excluding carboxylic acids is 2. The topological polar surface area (TPSA) is 107 Å².